The summed E-state index contributed by atoms with van der Waals surface area (Å²) in [6.07, 6.45) is 0. The second-order valence-electron chi connectivity index (χ2n) is 7.02. The Kier molecular flexibility index (Phi) is 8.40. The smallest absolute Gasteiger partial charge is 0.108 e. The molecule has 3 nitrogen and oxygen atoms in total. The first-order chi connectivity index (χ1) is 13.0. The highest BCUT2D eigenvalue weighted by atomic mass is 32.3. The lowest BCUT2D eigenvalue weighted by Gasteiger charge is -2.47. The summed E-state index contributed by atoms with van der Waals surface area (Å²) in [5, 5.41) is 12.3. The van der Waals surface area contributed by atoms with E-state index in [2.05, 4.69) is 80.5 Å². The van der Waals surface area contributed by atoms with Crippen molar-refractivity contribution >= 4 is 10.0 Å². The van der Waals surface area contributed by atoms with Gasteiger partial charge >= 0.3 is 0 Å². The highest BCUT2D eigenvalue weighted by Crippen LogP contribution is 2.69. The van der Waals surface area contributed by atoms with Gasteiger partial charge in [0.1, 0.15) is 6.61 Å². The van der Waals surface area contributed by atoms with Gasteiger partial charge in [-0.15, -0.1) is 10.0 Å². The molecule has 0 saturated carbocycles. The van der Waals surface area contributed by atoms with Crippen LogP contribution in [0.25, 0.3) is 0 Å². The molecule has 0 amide bonds. The molecule has 0 saturated heterocycles. The zero-order chi connectivity index (χ0) is 19.6. The quantitative estimate of drug-likeness (QED) is 0.528. The molecule has 0 fully saturated rings. The van der Waals surface area contributed by atoms with Gasteiger partial charge in [0.15, 0.2) is 0 Å². The van der Waals surface area contributed by atoms with Gasteiger partial charge < -0.3 is 14.6 Å². The molecule has 0 radical (unpaired) electrons. The predicted molar refractivity (Wildman–Crippen MR) is 113 cm³/mol. The van der Waals surface area contributed by atoms with Crippen molar-refractivity contribution in [2.45, 2.75) is 35.3 Å². The fourth-order valence-electron chi connectivity index (χ4n) is 2.91. The Morgan fingerprint density at radius 2 is 1.33 bits per heavy atom. The molecule has 0 aliphatic carbocycles. The molecular formula is C23H30O3S. The maximum atomic E-state index is 8.70. The van der Waals surface area contributed by atoms with Crippen LogP contribution >= 0.6 is 10.0 Å². The molecule has 27 heavy (non-hydrogen) atoms. The molecular weight excluding hydrogens is 356 g/mol. The number of aliphatic hydroxyl groups excluding tert-OH is 1. The highest BCUT2D eigenvalue weighted by molar-refractivity contribution is 8.38. The van der Waals surface area contributed by atoms with Gasteiger partial charge in [-0.25, -0.2) is 0 Å². The molecule has 0 unspecified atom stereocenters. The summed E-state index contributed by atoms with van der Waals surface area (Å²) in [6.45, 7) is 8.48. The van der Waals surface area contributed by atoms with Crippen molar-refractivity contribution in [1.82, 2.24) is 0 Å². The van der Waals surface area contributed by atoms with E-state index in [1.807, 2.05) is 12.1 Å². The highest BCUT2D eigenvalue weighted by Gasteiger charge is 2.38. The molecule has 0 aliphatic heterocycles. The van der Waals surface area contributed by atoms with Crippen LogP contribution in [0.3, 0.4) is 0 Å². The third-order valence-electron chi connectivity index (χ3n) is 4.12. The van der Waals surface area contributed by atoms with E-state index in [9.17, 15) is 0 Å². The number of rotatable bonds is 8. The lowest BCUT2D eigenvalue weighted by atomic mass is 10.3. The van der Waals surface area contributed by atoms with E-state index in [4.69, 9.17) is 14.6 Å². The lowest BCUT2D eigenvalue weighted by Crippen LogP contribution is -2.24. The molecule has 0 heterocycles. The van der Waals surface area contributed by atoms with Gasteiger partial charge in [0.05, 0.1) is 26.4 Å². The molecule has 4 heteroatoms. The summed E-state index contributed by atoms with van der Waals surface area (Å²) >= 11 is 0. The number of aliphatic hydroxyl groups is 1. The topological polar surface area (TPSA) is 38.7 Å². The molecule has 146 valence electrons. The van der Waals surface area contributed by atoms with E-state index < -0.39 is 10.0 Å². The molecule has 2 rings (SSSR count). The molecule has 1 N–H and O–H groups in total. The second kappa shape index (κ2) is 10.5. The van der Waals surface area contributed by atoms with Gasteiger partial charge in [0.25, 0.3) is 0 Å². The van der Waals surface area contributed by atoms with E-state index in [0.29, 0.717) is 26.4 Å². The van der Waals surface area contributed by atoms with Crippen LogP contribution in [-0.4, -0.2) is 42.9 Å². The van der Waals surface area contributed by atoms with Crippen LogP contribution in [0.1, 0.15) is 20.8 Å². The van der Waals surface area contributed by atoms with E-state index in [0.717, 1.165) is 0 Å². The summed E-state index contributed by atoms with van der Waals surface area (Å²) in [4.78, 5) is 2.53. The van der Waals surface area contributed by atoms with Crippen molar-refractivity contribution in [2.75, 3.05) is 33.0 Å². The predicted octanol–water partition coefficient (Wildman–Crippen LogP) is 4.69. The Morgan fingerprint density at radius 3 is 1.81 bits per heavy atom. The van der Waals surface area contributed by atoms with Gasteiger partial charge in [0, 0.05) is 14.5 Å². The first-order valence-corrected chi connectivity index (χ1v) is 10.8. The Morgan fingerprint density at radius 1 is 0.815 bits per heavy atom. The Bertz CT molecular complexity index is 687. The van der Waals surface area contributed by atoms with Crippen molar-refractivity contribution in [1.29, 1.82) is 0 Å². The lowest BCUT2D eigenvalue weighted by molar-refractivity contribution is 0.0424. The van der Waals surface area contributed by atoms with Gasteiger partial charge in [-0.2, -0.15) is 0 Å². The van der Waals surface area contributed by atoms with Crippen molar-refractivity contribution < 1.29 is 14.6 Å². The van der Waals surface area contributed by atoms with Crippen LogP contribution in [0.2, 0.25) is 0 Å². The van der Waals surface area contributed by atoms with Crippen molar-refractivity contribution in [2.24, 2.45) is 0 Å². The summed E-state index contributed by atoms with van der Waals surface area (Å²) in [5.74, 6) is 3.28. The van der Waals surface area contributed by atoms with Gasteiger partial charge in [-0.3, -0.25) is 0 Å². The fourth-order valence-corrected chi connectivity index (χ4v) is 6.54. The Hall–Kier alpha value is -1.77. The average molecular weight is 387 g/mol. The van der Waals surface area contributed by atoms with Crippen LogP contribution in [0, 0.1) is 11.2 Å². The molecule has 0 atom stereocenters. The normalized spacial score (nSPS) is 12.3. The first kappa shape index (κ1) is 21.5. The van der Waals surface area contributed by atoms with Gasteiger partial charge in [0.2, 0.25) is 0 Å². The number of hydrogen-bond acceptors (Lipinski definition) is 3. The standard InChI is InChI=1S/C23H30O3S/c1-23(2,3)27(21-11-6-4-7-12-21,22-13-8-5-9-14-22)20-10-16-25-18-19-26-17-15-24/h4-9,11-14,24H,15-19H2,1-3H3. The molecule has 0 spiro atoms. The monoisotopic (exact) mass is 386 g/mol. The Balaban J connectivity index is 2.30. The molecule has 2 aromatic rings. The van der Waals surface area contributed by atoms with Crippen LogP contribution in [-0.2, 0) is 9.47 Å². The number of ether oxygens (including phenoxy) is 2. The zero-order valence-electron chi connectivity index (χ0n) is 16.5. The minimum atomic E-state index is -1.58. The summed E-state index contributed by atoms with van der Waals surface area (Å²) in [7, 11) is -1.58. The molecule has 0 aliphatic rings. The molecule has 0 bridgehead atoms. The van der Waals surface area contributed by atoms with E-state index in [-0.39, 0.29) is 11.4 Å². The Labute approximate surface area is 165 Å². The maximum absolute atomic E-state index is 8.70. The van der Waals surface area contributed by atoms with E-state index in [1.54, 1.807) is 0 Å². The SMILES string of the molecule is CC(C)(C)S(C#CCOCCOCCO)(c1ccccc1)c1ccccc1. The van der Waals surface area contributed by atoms with Crippen molar-refractivity contribution in [3.63, 3.8) is 0 Å². The van der Waals surface area contributed by atoms with Crippen LogP contribution in [0.4, 0.5) is 0 Å². The maximum Gasteiger partial charge on any atom is 0.108 e. The first-order valence-electron chi connectivity index (χ1n) is 9.21. The van der Waals surface area contributed by atoms with Crippen molar-refractivity contribution in [3.05, 3.63) is 60.7 Å². The van der Waals surface area contributed by atoms with Crippen LogP contribution < -0.4 is 0 Å². The second-order valence-corrected chi connectivity index (χ2v) is 10.6. The van der Waals surface area contributed by atoms with Crippen LogP contribution in [0.15, 0.2) is 70.5 Å². The van der Waals surface area contributed by atoms with E-state index in [1.165, 1.54) is 9.79 Å². The number of benzene rings is 2. The van der Waals surface area contributed by atoms with E-state index >= 15 is 0 Å². The third-order valence-corrected chi connectivity index (χ3v) is 8.37. The third kappa shape index (κ3) is 5.60. The molecule has 2 aromatic carbocycles. The molecule has 0 aromatic heterocycles. The summed E-state index contributed by atoms with van der Waals surface area (Å²) in [6, 6.07) is 21.2. The minimum absolute atomic E-state index is 0.0332. The fraction of sp³-hybridized carbons (Fsp3) is 0.391. The van der Waals surface area contributed by atoms with Gasteiger partial charge in [-0.1, -0.05) is 63.1 Å². The number of hydrogen-bond donors (Lipinski definition) is 1. The summed E-state index contributed by atoms with van der Waals surface area (Å²) in [5.41, 5.74) is 0. The largest absolute Gasteiger partial charge is 0.394 e. The van der Waals surface area contributed by atoms with Gasteiger partial charge in [-0.05, 0) is 29.5 Å². The zero-order valence-corrected chi connectivity index (χ0v) is 17.3. The van der Waals surface area contributed by atoms with Crippen LogP contribution in [0.5, 0.6) is 0 Å². The summed E-state index contributed by atoms with van der Waals surface area (Å²) < 4.78 is 10.8. The minimum Gasteiger partial charge on any atom is -0.394 e. The van der Waals surface area contributed by atoms with Crippen molar-refractivity contribution in [3.8, 4) is 11.2 Å². The average Bonchev–Trinajstić information content (AvgIpc) is 2.67.